The Bertz CT molecular complexity index is 109. The number of likely N-dealkylation sites (N-methyl/N-ethyl adjacent to an activating group) is 2. The highest BCUT2D eigenvalue weighted by Crippen LogP contribution is 2.09. The van der Waals surface area contributed by atoms with Gasteiger partial charge < -0.3 is 0 Å². The molecule has 0 bridgehead atoms. The lowest BCUT2D eigenvalue weighted by Gasteiger charge is -2.28. The van der Waals surface area contributed by atoms with Crippen molar-refractivity contribution in [2.45, 2.75) is 23.9 Å². The van der Waals surface area contributed by atoms with E-state index in [-0.39, 0.29) is 0 Å². The summed E-state index contributed by atoms with van der Waals surface area (Å²) in [6, 6.07) is 0.560. The summed E-state index contributed by atoms with van der Waals surface area (Å²) in [7, 11) is 4.12. The molecule has 2 unspecified atom stereocenters. The standard InChI is InChI=1S/C7H17IN2S/c1-6(5-9(3)11)10(4)7(2)8/h6-7,11H,5H2,1-4H3. The van der Waals surface area contributed by atoms with E-state index in [4.69, 9.17) is 0 Å². The van der Waals surface area contributed by atoms with Gasteiger partial charge >= 0.3 is 0 Å². The zero-order valence-electron chi connectivity index (χ0n) is 7.58. The molecular formula is C7H17IN2S. The molecule has 4 heteroatoms. The Hall–Kier alpha value is 1.000. The molecule has 0 aromatic heterocycles. The fraction of sp³-hybridized carbons (Fsp3) is 1.00. The van der Waals surface area contributed by atoms with E-state index in [1.54, 1.807) is 0 Å². The zero-order valence-corrected chi connectivity index (χ0v) is 10.6. The highest BCUT2D eigenvalue weighted by atomic mass is 127. The minimum Gasteiger partial charge on any atom is -0.291 e. The molecule has 0 saturated heterocycles. The van der Waals surface area contributed by atoms with Crippen molar-refractivity contribution in [2.24, 2.45) is 0 Å². The first-order valence-electron chi connectivity index (χ1n) is 3.71. The van der Waals surface area contributed by atoms with Crippen LogP contribution in [0.5, 0.6) is 0 Å². The molecule has 11 heavy (non-hydrogen) atoms. The molecule has 0 saturated carbocycles. The van der Waals surface area contributed by atoms with Crippen LogP contribution >= 0.6 is 35.4 Å². The van der Waals surface area contributed by atoms with Crippen molar-refractivity contribution in [2.75, 3.05) is 20.6 Å². The molecule has 2 nitrogen and oxygen atoms in total. The van der Waals surface area contributed by atoms with Gasteiger partial charge in [-0.2, -0.15) is 0 Å². The van der Waals surface area contributed by atoms with Gasteiger partial charge in [0.05, 0.1) is 4.05 Å². The molecule has 0 aromatic rings. The van der Waals surface area contributed by atoms with E-state index in [1.165, 1.54) is 0 Å². The number of hydrogen-bond acceptors (Lipinski definition) is 3. The maximum atomic E-state index is 4.20. The predicted octanol–water partition coefficient (Wildman–Crippen LogP) is 1.86. The number of alkyl halides is 1. The van der Waals surface area contributed by atoms with Crippen molar-refractivity contribution in [3.8, 4) is 0 Å². The predicted molar refractivity (Wildman–Crippen MR) is 62.3 cm³/mol. The fourth-order valence-electron chi connectivity index (χ4n) is 0.862. The average molecular weight is 288 g/mol. The molecule has 0 heterocycles. The van der Waals surface area contributed by atoms with E-state index in [0.29, 0.717) is 10.1 Å². The van der Waals surface area contributed by atoms with Crippen LogP contribution in [0.1, 0.15) is 13.8 Å². The summed E-state index contributed by atoms with van der Waals surface area (Å²) in [6.45, 7) is 5.39. The van der Waals surface area contributed by atoms with Gasteiger partial charge in [0, 0.05) is 12.6 Å². The highest BCUT2D eigenvalue weighted by Gasteiger charge is 2.13. The maximum absolute atomic E-state index is 4.20. The molecule has 0 radical (unpaired) electrons. The molecule has 2 atom stereocenters. The molecule has 0 aromatic carbocycles. The van der Waals surface area contributed by atoms with E-state index in [2.05, 4.69) is 61.2 Å². The minimum atomic E-state index is 0.560. The van der Waals surface area contributed by atoms with E-state index < -0.39 is 0 Å². The van der Waals surface area contributed by atoms with E-state index >= 15 is 0 Å². The molecule has 0 N–H and O–H groups in total. The van der Waals surface area contributed by atoms with Crippen LogP contribution in [0.4, 0.5) is 0 Å². The Balaban J connectivity index is 3.73. The SMILES string of the molecule is CC(I)N(C)C(C)CN(C)S. The third-order valence-electron chi connectivity index (χ3n) is 1.78. The van der Waals surface area contributed by atoms with Gasteiger partial charge in [0.15, 0.2) is 0 Å². The summed E-state index contributed by atoms with van der Waals surface area (Å²) in [5.74, 6) is 0. The van der Waals surface area contributed by atoms with Crippen LogP contribution in [-0.2, 0) is 0 Å². The van der Waals surface area contributed by atoms with Gasteiger partial charge in [-0.05, 0) is 27.9 Å². The van der Waals surface area contributed by atoms with Gasteiger partial charge in [-0.1, -0.05) is 35.4 Å². The molecule has 0 amide bonds. The summed E-state index contributed by atoms with van der Waals surface area (Å²) >= 11 is 6.62. The molecule has 68 valence electrons. The number of rotatable bonds is 4. The Morgan fingerprint density at radius 2 is 1.82 bits per heavy atom. The molecule has 0 aliphatic rings. The van der Waals surface area contributed by atoms with Gasteiger partial charge in [0.1, 0.15) is 0 Å². The summed E-state index contributed by atoms with van der Waals surface area (Å²) in [6.07, 6.45) is 0. The van der Waals surface area contributed by atoms with Gasteiger partial charge in [-0.15, -0.1) is 0 Å². The van der Waals surface area contributed by atoms with Crippen LogP contribution in [-0.4, -0.2) is 39.9 Å². The van der Waals surface area contributed by atoms with Crippen LogP contribution in [0.3, 0.4) is 0 Å². The van der Waals surface area contributed by atoms with Gasteiger partial charge in [-0.25, -0.2) is 0 Å². The topological polar surface area (TPSA) is 6.48 Å². The van der Waals surface area contributed by atoms with Crippen LogP contribution in [0.25, 0.3) is 0 Å². The second-order valence-electron chi connectivity index (χ2n) is 2.93. The highest BCUT2D eigenvalue weighted by molar-refractivity contribution is 14.1. The largest absolute Gasteiger partial charge is 0.291 e. The molecular weight excluding hydrogens is 271 g/mol. The number of hydrogen-bond donors (Lipinski definition) is 1. The van der Waals surface area contributed by atoms with Gasteiger partial charge in [0.2, 0.25) is 0 Å². The van der Waals surface area contributed by atoms with Crippen molar-refractivity contribution >= 4 is 35.4 Å². The van der Waals surface area contributed by atoms with Crippen molar-refractivity contribution in [1.82, 2.24) is 9.21 Å². The minimum absolute atomic E-state index is 0.560. The van der Waals surface area contributed by atoms with Crippen LogP contribution in [0.15, 0.2) is 0 Å². The molecule has 0 rings (SSSR count). The number of halogens is 1. The zero-order chi connectivity index (χ0) is 9.02. The van der Waals surface area contributed by atoms with E-state index in [9.17, 15) is 0 Å². The average Bonchev–Trinajstić information content (AvgIpc) is 1.84. The Morgan fingerprint density at radius 1 is 1.36 bits per heavy atom. The first kappa shape index (κ1) is 12.0. The van der Waals surface area contributed by atoms with E-state index in [0.717, 1.165) is 6.54 Å². The lowest BCUT2D eigenvalue weighted by molar-refractivity contribution is 0.236. The van der Waals surface area contributed by atoms with Crippen LogP contribution < -0.4 is 0 Å². The number of nitrogens with zero attached hydrogens (tertiary/aromatic N) is 2. The molecule has 0 aliphatic heterocycles. The second-order valence-corrected chi connectivity index (χ2v) is 5.41. The molecule has 0 fully saturated rings. The number of thiol groups is 1. The van der Waals surface area contributed by atoms with Crippen LogP contribution in [0, 0.1) is 0 Å². The summed E-state index contributed by atoms with van der Waals surface area (Å²) in [4.78, 5) is 2.33. The normalized spacial score (nSPS) is 17.5. The fourth-order valence-corrected chi connectivity index (χ4v) is 1.65. The first-order chi connectivity index (χ1) is 4.95. The monoisotopic (exact) mass is 288 g/mol. The Kier molecular flexibility index (Phi) is 6.12. The third kappa shape index (κ3) is 5.27. The van der Waals surface area contributed by atoms with Crippen LogP contribution in [0.2, 0.25) is 0 Å². The third-order valence-corrected chi connectivity index (χ3v) is 2.83. The smallest absolute Gasteiger partial charge is 0.0590 e. The summed E-state index contributed by atoms with van der Waals surface area (Å²) in [5, 5.41) is 0. The van der Waals surface area contributed by atoms with Crippen molar-refractivity contribution < 1.29 is 0 Å². The Labute approximate surface area is 89.0 Å². The maximum Gasteiger partial charge on any atom is 0.0590 e. The summed E-state index contributed by atoms with van der Waals surface area (Å²) < 4.78 is 2.50. The Morgan fingerprint density at radius 3 is 2.09 bits per heavy atom. The second kappa shape index (κ2) is 5.61. The lowest BCUT2D eigenvalue weighted by Crippen LogP contribution is -2.38. The molecule has 0 aliphatic carbocycles. The lowest BCUT2D eigenvalue weighted by atomic mass is 10.3. The van der Waals surface area contributed by atoms with Crippen molar-refractivity contribution in [1.29, 1.82) is 0 Å². The van der Waals surface area contributed by atoms with Gasteiger partial charge in [0.25, 0.3) is 0 Å². The summed E-state index contributed by atoms with van der Waals surface area (Å²) in [5.41, 5.74) is 0. The van der Waals surface area contributed by atoms with E-state index in [1.807, 2.05) is 11.4 Å². The van der Waals surface area contributed by atoms with Crippen molar-refractivity contribution in [3.63, 3.8) is 0 Å². The van der Waals surface area contributed by atoms with Crippen molar-refractivity contribution in [3.05, 3.63) is 0 Å². The molecule has 0 spiro atoms. The van der Waals surface area contributed by atoms with Gasteiger partial charge in [-0.3, -0.25) is 9.21 Å². The quantitative estimate of drug-likeness (QED) is 0.365. The first-order valence-corrected chi connectivity index (χ1v) is 5.35.